The third-order valence-electron chi connectivity index (χ3n) is 4.25. The van der Waals surface area contributed by atoms with Crippen molar-refractivity contribution in [1.29, 1.82) is 0 Å². The van der Waals surface area contributed by atoms with Crippen LogP contribution < -0.4 is 0 Å². The predicted octanol–water partition coefficient (Wildman–Crippen LogP) is 5.37. The van der Waals surface area contributed by atoms with Crippen LogP contribution >= 0.6 is 11.3 Å². The lowest BCUT2D eigenvalue weighted by Gasteiger charge is -2.05. The number of benzene rings is 2. The molecule has 2 aromatic carbocycles. The molecule has 2 heterocycles. The SMILES string of the molecule is CC(C)c1ccc(C2=N/C(=C/c3csc4ccccc34)C(=O)O2)cc1. The summed E-state index contributed by atoms with van der Waals surface area (Å²) in [6.45, 7) is 4.29. The maximum atomic E-state index is 12.2. The van der Waals surface area contributed by atoms with Gasteiger partial charge in [0.1, 0.15) is 0 Å². The van der Waals surface area contributed by atoms with Gasteiger partial charge in [0, 0.05) is 10.3 Å². The van der Waals surface area contributed by atoms with E-state index in [1.165, 1.54) is 10.3 Å². The standard InChI is InChI=1S/C21H17NO2S/c1-13(2)14-7-9-15(10-8-14)20-22-18(21(23)24-20)11-16-12-25-19-6-4-3-5-17(16)19/h3-13H,1-2H3/b18-11+. The second kappa shape index (κ2) is 6.30. The van der Waals surface area contributed by atoms with Crippen molar-refractivity contribution in [2.75, 3.05) is 0 Å². The fraction of sp³-hybridized carbons (Fsp3) is 0.143. The van der Waals surface area contributed by atoms with Gasteiger partial charge >= 0.3 is 5.97 Å². The highest BCUT2D eigenvalue weighted by Crippen LogP contribution is 2.29. The molecule has 25 heavy (non-hydrogen) atoms. The fourth-order valence-corrected chi connectivity index (χ4v) is 3.72. The number of thiophene rings is 1. The Morgan fingerprint density at radius 3 is 2.60 bits per heavy atom. The van der Waals surface area contributed by atoms with Crippen LogP contribution in [0.3, 0.4) is 0 Å². The number of esters is 1. The summed E-state index contributed by atoms with van der Waals surface area (Å²) in [6, 6.07) is 16.1. The lowest BCUT2D eigenvalue weighted by atomic mass is 10.0. The van der Waals surface area contributed by atoms with Crippen molar-refractivity contribution in [3.63, 3.8) is 0 Å². The maximum Gasteiger partial charge on any atom is 0.363 e. The molecule has 1 aromatic heterocycles. The van der Waals surface area contributed by atoms with Crippen molar-refractivity contribution in [3.05, 3.63) is 76.3 Å². The second-order valence-corrected chi connectivity index (χ2v) is 7.21. The Morgan fingerprint density at radius 2 is 1.84 bits per heavy atom. The summed E-state index contributed by atoms with van der Waals surface area (Å²) < 4.78 is 6.56. The van der Waals surface area contributed by atoms with E-state index in [-0.39, 0.29) is 0 Å². The molecule has 0 N–H and O–H groups in total. The van der Waals surface area contributed by atoms with Crippen LogP contribution in [0, 0.1) is 0 Å². The van der Waals surface area contributed by atoms with Gasteiger partial charge in [0.05, 0.1) is 0 Å². The molecule has 0 bridgehead atoms. The van der Waals surface area contributed by atoms with Gasteiger partial charge < -0.3 is 4.74 Å². The summed E-state index contributed by atoms with van der Waals surface area (Å²) in [5.41, 5.74) is 3.39. The molecule has 0 saturated heterocycles. The number of aliphatic imine (C=N–C) groups is 1. The maximum absolute atomic E-state index is 12.2. The van der Waals surface area contributed by atoms with E-state index >= 15 is 0 Å². The Hall–Kier alpha value is -2.72. The molecule has 4 rings (SSSR count). The highest BCUT2D eigenvalue weighted by atomic mass is 32.1. The molecule has 1 aliphatic heterocycles. The predicted molar refractivity (Wildman–Crippen MR) is 103 cm³/mol. The van der Waals surface area contributed by atoms with Crippen LogP contribution in [0.15, 0.2) is 64.6 Å². The largest absolute Gasteiger partial charge is 0.402 e. The van der Waals surface area contributed by atoms with Crippen LogP contribution in [0.2, 0.25) is 0 Å². The van der Waals surface area contributed by atoms with Crippen LogP contribution in [0.4, 0.5) is 0 Å². The summed E-state index contributed by atoms with van der Waals surface area (Å²) in [5, 5.41) is 3.16. The van der Waals surface area contributed by atoms with Gasteiger partial charge in [-0.25, -0.2) is 9.79 Å². The minimum Gasteiger partial charge on any atom is -0.402 e. The molecule has 4 heteroatoms. The monoisotopic (exact) mass is 347 g/mol. The smallest absolute Gasteiger partial charge is 0.363 e. The fourth-order valence-electron chi connectivity index (χ4n) is 2.80. The quantitative estimate of drug-likeness (QED) is 0.472. The van der Waals surface area contributed by atoms with Crippen molar-refractivity contribution < 1.29 is 9.53 Å². The molecule has 0 saturated carbocycles. The molecular formula is C21H17NO2S. The summed E-state index contributed by atoms with van der Waals surface area (Å²) in [4.78, 5) is 16.6. The van der Waals surface area contributed by atoms with E-state index < -0.39 is 5.97 Å². The lowest BCUT2D eigenvalue weighted by Crippen LogP contribution is -2.05. The highest BCUT2D eigenvalue weighted by Gasteiger charge is 2.24. The molecule has 0 amide bonds. The Labute approximate surface area is 150 Å². The van der Waals surface area contributed by atoms with Gasteiger partial charge in [0.15, 0.2) is 5.70 Å². The molecule has 124 valence electrons. The number of cyclic esters (lactones) is 1. The van der Waals surface area contributed by atoms with E-state index in [0.717, 1.165) is 16.5 Å². The molecule has 1 aliphatic rings. The molecule has 0 radical (unpaired) electrons. The van der Waals surface area contributed by atoms with Crippen molar-refractivity contribution in [3.8, 4) is 0 Å². The minimum atomic E-state index is -0.404. The summed E-state index contributed by atoms with van der Waals surface area (Å²) in [6.07, 6.45) is 1.80. The van der Waals surface area contributed by atoms with Crippen molar-refractivity contribution >= 4 is 39.4 Å². The van der Waals surface area contributed by atoms with Crippen LogP contribution in [0.1, 0.15) is 36.5 Å². The topological polar surface area (TPSA) is 38.7 Å². The molecule has 0 aliphatic carbocycles. The van der Waals surface area contributed by atoms with Crippen LogP contribution in [-0.2, 0) is 9.53 Å². The van der Waals surface area contributed by atoms with E-state index in [1.54, 1.807) is 17.4 Å². The molecule has 0 unspecified atom stereocenters. The zero-order chi connectivity index (χ0) is 17.4. The van der Waals surface area contributed by atoms with Crippen molar-refractivity contribution in [2.45, 2.75) is 19.8 Å². The molecule has 0 fully saturated rings. The third kappa shape index (κ3) is 3.01. The highest BCUT2D eigenvalue weighted by molar-refractivity contribution is 7.17. The van der Waals surface area contributed by atoms with E-state index in [0.29, 0.717) is 17.5 Å². The number of carbonyl (C=O) groups excluding carboxylic acids is 1. The van der Waals surface area contributed by atoms with E-state index in [2.05, 4.69) is 24.9 Å². The van der Waals surface area contributed by atoms with Gasteiger partial charge in [-0.05, 0) is 52.1 Å². The molecule has 3 aromatic rings. The Bertz CT molecular complexity index is 1010. The summed E-state index contributed by atoms with van der Waals surface area (Å²) in [7, 11) is 0. The van der Waals surface area contributed by atoms with Gasteiger partial charge in [-0.15, -0.1) is 11.3 Å². The Kier molecular flexibility index (Phi) is 3.98. The number of ether oxygens (including phenoxy) is 1. The summed E-state index contributed by atoms with van der Waals surface area (Å²) >= 11 is 1.65. The number of rotatable bonds is 3. The normalized spacial score (nSPS) is 15.9. The second-order valence-electron chi connectivity index (χ2n) is 6.30. The lowest BCUT2D eigenvalue weighted by molar-refractivity contribution is -0.129. The minimum absolute atomic E-state index is 0.339. The first-order chi connectivity index (χ1) is 12.1. The molecular weight excluding hydrogens is 330 g/mol. The van der Waals surface area contributed by atoms with Crippen LogP contribution in [0.25, 0.3) is 16.2 Å². The average Bonchev–Trinajstić information content (AvgIpc) is 3.20. The van der Waals surface area contributed by atoms with Crippen molar-refractivity contribution in [2.24, 2.45) is 4.99 Å². The third-order valence-corrected chi connectivity index (χ3v) is 5.23. The number of hydrogen-bond donors (Lipinski definition) is 0. The molecule has 0 atom stereocenters. The van der Waals surface area contributed by atoms with Gasteiger partial charge in [-0.1, -0.05) is 44.2 Å². The van der Waals surface area contributed by atoms with Gasteiger partial charge in [-0.3, -0.25) is 0 Å². The van der Waals surface area contributed by atoms with Crippen LogP contribution in [0.5, 0.6) is 0 Å². The number of fused-ring (bicyclic) bond motifs is 1. The van der Waals surface area contributed by atoms with Gasteiger partial charge in [0.2, 0.25) is 5.90 Å². The first-order valence-corrected chi connectivity index (χ1v) is 9.09. The number of hydrogen-bond acceptors (Lipinski definition) is 4. The summed E-state index contributed by atoms with van der Waals surface area (Å²) in [5.74, 6) is 0.425. The number of nitrogens with zero attached hydrogens (tertiary/aromatic N) is 1. The van der Waals surface area contributed by atoms with E-state index in [9.17, 15) is 4.79 Å². The van der Waals surface area contributed by atoms with Gasteiger partial charge in [0.25, 0.3) is 0 Å². The first kappa shape index (κ1) is 15.8. The van der Waals surface area contributed by atoms with E-state index in [4.69, 9.17) is 4.74 Å². The molecule has 0 spiro atoms. The van der Waals surface area contributed by atoms with E-state index in [1.807, 2.05) is 47.8 Å². The van der Waals surface area contributed by atoms with Gasteiger partial charge in [-0.2, -0.15) is 0 Å². The average molecular weight is 347 g/mol. The zero-order valence-corrected chi connectivity index (χ0v) is 14.8. The Balaban J connectivity index is 1.68. The first-order valence-electron chi connectivity index (χ1n) is 8.21. The Morgan fingerprint density at radius 1 is 1.08 bits per heavy atom. The van der Waals surface area contributed by atoms with Crippen LogP contribution in [-0.4, -0.2) is 11.9 Å². The van der Waals surface area contributed by atoms with Crippen molar-refractivity contribution in [1.82, 2.24) is 0 Å². The molecule has 3 nitrogen and oxygen atoms in total. The number of carbonyl (C=O) groups is 1. The zero-order valence-electron chi connectivity index (χ0n) is 14.0.